The molecule has 0 radical (unpaired) electrons. The van der Waals surface area contributed by atoms with E-state index >= 15 is 0 Å². The van der Waals surface area contributed by atoms with E-state index in [4.69, 9.17) is 5.73 Å². The van der Waals surface area contributed by atoms with Gasteiger partial charge in [0.05, 0.1) is 0 Å². The second kappa shape index (κ2) is 6.70. The average molecular weight is 198 g/mol. The molecule has 1 atom stereocenters. The third-order valence-electron chi connectivity index (χ3n) is 1.91. The summed E-state index contributed by atoms with van der Waals surface area (Å²) >= 11 is 0. The molecule has 2 N–H and O–H groups in total. The monoisotopic (exact) mass is 197 g/mol. The first-order valence-electron chi connectivity index (χ1n) is 4.26. The van der Waals surface area contributed by atoms with E-state index in [1.807, 2.05) is 24.3 Å². The Hall–Kier alpha value is -0.790. The summed E-state index contributed by atoms with van der Waals surface area (Å²) in [5.41, 5.74) is 7.14. The summed E-state index contributed by atoms with van der Waals surface area (Å²) in [6.45, 7) is 3.67. The molecule has 0 aliphatic carbocycles. The second-order valence-corrected chi connectivity index (χ2v) is 2.88. The third kappa shape index (κ3) is 4.11. The minimum atomic E-state index is 0. The summed E-state index contributed by atoms with van der Waals surface area (Å²) in [6, 6.07) is 10.3. The Morgan fingerprint density at radius 2 is 1.92 bits per heavy atom. The Labute approximate surface area is 86.1 Å². The maximum absolute atomic E-state index is 5.93. The normalized spacial score (nSPS) is 11.5. The SMILES string of the molecule is C=CCCC(N)c1ccccc1.Cl. The molecule has 0 fully saturated rings. The van der Waals surface area contributed by atoms with Gasteiger partial charge in [0.2, 0.25) is 0 Å². The van der Waals surface area contributed by atoms with Crippen LogP contribution in [0.3, 0.4) is 0 Å². The minimum absolute atomic E-state index is 0. The highest BCUT2D eigenvalue weighted by molar-refractivity contribution is 5.85. The van der Waals surface area contributed by atoms with Crippen molar-refractivity contribution in [3.63, 3.8) is 0 Å². The molecule has 1 nitrogen and oxygen atoms in total. The number of rotatable bonds is 4. The lowest BCUT2D eigenvalue weighted by molar-refractivity contribution is 0.661. The number of hydrogen-bond acceptors (Lipinski definition) is 1. The van der Waals surface area contributed by atoms with Crippen molar-refractivity contribution in [2.24, 2.45) is 5.73 Å². The molecule has 1 aromatic rings. The zero-order valence-electron chi connectivity index (χ0n) is 7.65. The van der Waals surface area contributed by atoms with Gasteiger partial charge < -0.3 is 5.73 Å². The van der Waals surface area contributed by atoms with E-state index in [1.54, 1.807) is 0 Å². The van der Waals surface area contributed by atoms with Gasteiger partial charge in [-0.1, -0.05) is 36.4 Å². The van der Waals surface area contributed by atoms with Crippen LogP contribution in [0.2, 0.25) is 0 Å². The second-order valence-electron chi connectivity index (χ2n) is 2.88. The van der Waals surface area contributed by atoms with Crippen molar-refractivity contribution in [1.29, 1.82) is 0 Å². The molecule has 1 rings (SSSR count). The molecule has 0 aromatic heterocycles. The van der Waals surface area contributed by atoms with Crippen LogP contribution in [-0.2, 0) is 0 Å². The van der Waals surface area contributed by atoms with Crippen LogP contribution in [0.5, 0.6) is 0 Å². The summed E-state index contributed by atoms with van der Waals surface area (Å²) in [5.74, 6) is 0. The quantitative estimate of drug-likeness (QED) is 0.738. The Kier molecular flexibility index (Phi) is 6.29. The summed E-state index contributed by atoms with van der Waals surface area (Å²) < 4.78 is 0. The van der Waals surface area contributed by atoms with Gasteiger partial charge in [0, 0.05) is 6.04 Å². The van der Waals surface area contributed by atoms with Crippen LogP contribution in [-0.4, -0.2) is 0 Å². The fraction of sp³-hybridized carbons (Fsp3) is 0.273. The highest BCUT2D eigenvalue weighted by Gasteiger charge is 2.02. The molecular formula is C11H16ClN. The summed E-state index contributed by atoms with van der Waals surface area (Å²) in [6.07, 6.45) is 3.87. The van der Waals surface area contributed by atoms with Crippen LogP contribution in [0.25, 0.3) is 0 Å². The Balaban J connectivity index is 0.00000144. The third-order valence-corrected chi connectivity index (χ3v) is 1.91. The smallest absolute Gasteiger partial charge is 0.0297 e. The highest BCUT2D eigenvalue weighted by atomic mass is 35.5. The molecule has 2 heteroatoms. The number of allylic oxidation sites excluding steroid dienone is 1. The van der Waals surface area contributed by atoms with Crippen molar-refractivity contribution >= 4 is 12.4 Å². The standard InChI is InChI=1S/C11H15N.ClH/c1-2-3-9-11(12)10-7-5-4-6-8-10;/h2,4-8,11H,1,3,9,12H2;1H. The number of halogens is 1. The zero-order valence-corrected chi connectivity index (χ0v) is 8.46. The van der Waals surface area contributed by atoms with Crippen molar-refractivity contribution in [2.75, 3.05) is 0 Å². The van der Waals surface area contributed by atoms with E-state index in [0.29, 0.717) is 0 Å². The minimum Gasteiger partial charge on any atom is -0.324 e. The fourth-order valence-electron chi connectivity index (χ4n) is 1.16. The van der Waals surface area contributed by atoms with Crippen LogP contribution in [0.1, 0.15) is 24.4 Å². The topological polar surface area (TPSA) is 26.0 Å². The van der Waals surface area contributed by atoms with E-state index < -0.39 is 0 Å². The van der Waals surface area contributed by atoms with E-state index in [9.17, 15) is 0 Å². The van der Waals surface area contributed by atoms with E-state index in [0.717, 1.165) is 12.8 Å². The summed E-state index contributed by atoms with van der Waals surface area (Å²) in [4.78, 5) is 0. The molecule has 13 heavy (non-hydrogen) atoms. The first-order valence-corrected chi connectivity index (χ1v) is 4.26. The van der Waals surface area contributed by atoms with Gasteiger partial charge in [0.15, 0.2) is 0 Å². The van der Waals surface area contributed by atoms with Gasteiger partial charge in [-0.05, 0) is 18.4 Å². The van der Waals surface area contributed by atoms with Crippen LogP contribution in [0, 0.1) is 0 Å². The highest BCUT2D eigenvalue weighted by Crippen LogP contribution is 2.14. The number of nitrogens with two attached hydrogens (primary N) is 1. The van der Waals surface area contributed by atoms with E-state index in [2.05, 4.69) is 18.7 Å². The molecule has 1 aromatic carbocycles. The maximum atomic E-state index is 5.93. The summed E-state index contributed by atoms with van der Waals surface area (Å²) in [7, 11) is 0. The molecule has 0 bridgehead atoms. The van der Waals surface area contributed by atoms with Crippen LogP contribution in [0.15, 0.2) is 43.0 Å². The van der Waals surface area contributed by atoms with Crippen LogP contribution >= 0.6 is 12.4 Å². The first-order chi connectivity index (χ1) is 5.84. The van der Waals surface area contributed by atoms with Gasteiger partial charge in [-0.3, -0.25) is 0 Å². The van der Waals surface area contributed by atoms with Crippen molar-refractivity contribution in [3.05, 3.63) is 48.6 Å². The van der Waals surface area contributed by atoms with E-state index in [1.165, 1.54) is 5.56 Å². The summed E-state index contributed by atoms with van der Waals surface area (Å²) in [5, 5.41) is 0. The molecule has 0 aliphatic rings. The number of benzene rings is 1. The predicted molar refractivity (Wildman–Crippen MR) is 60.0 cm³/mol. The molecule has 0 saturated carbocycles. The van der Waals surface area contributed by atoms with Crippen molar-refractivity contribution in [3.8, 4) is 0 Å². The molecule has 0 saturated heterocycles. The fourth-order valence-corrected chi connectivity index (χ4v) is 1.16. The van der Waals surface area contributed by atoms with Gasteiger partial charge in [0.25, 0.3) is 0 Å². The van der Waals surface area contributed by atoms with Gasteiger partial charge in [-0.2, -0.15) is 0 Å². The zero-order chi connectivity index (χ0) is 8.81. The molecule has 0 amide bonds. The lowest BCUT2D eigenvalue weighted by Crippen LogP contribution is -2.09. The van der Waals surface area contributed by atoms with Gasteiger partial charge in [-0.25, -0.2) is 0 Å². The van der Waals surface area contributed by atoms with Gasteiger partial charge >= 0.3 is 0 Å². The largest absolute Gasteiger partial charge is 0.324 e. The Bertz CT molecular complexity index is 233. The number of hydrogen-bond donors (Lipinski definition) is 1. The molecule has 72 valence electrons. The molecule has 0 spiro atoms. The van der Waals surface area contributed by atoms with Crippen molar-refractivity contribution < 1.29 is 0 Å². The Morgan fingerprint density at radius 1 is 1.31 bits per heavy atom. The first kappa shape index (κ1) is 12.2. The molecule has 0 heterocycles. The lowest BCUT2D eigenvalue weighted by atomic mass is 10.0. The average Bonchev–Trinajstić information content (AvgIpc) is 2.15. The van der Waals surface area contributed by atoms with Crippen molar-refractivity contribution in [2.45, 2.75) is 18.9 Å². The lowest BCUT2D eigenvalue weighted by Gasteiger charge is -2.09. The van der Waals surface area contributed by atoms with Crippen LogP contribution < -0.4 is 5.73 Å². The maximum Gasteiger partial charge on any atom is 0.0297 e. The van der Waals surface area contributed by atoms with Gasteiger partial charge in [-0.15, -0.1) is 19.0 Å². The molecular weight excluding hydrogens is 182 g/mol. The predicted octanol–water partition coefficient (Wildman–Crippen LogP) is 3.07. The van der Waals surface area contributed by atoms with E-state index in [-0.39, 0.29) is 18.4 Å². The molecule has 0 aliphatic heterocycles. The van der Waals surface area contributed by atoms with Gasteiger partial charge in [0.1, 0.15) is 0 Å². The van der Waals surface area contributed by atoms with Crippen molar-refractivity contribution in [1.82, 2.24) is 0 Å². The Morgan fingerprint density at radius 3 is 2.46 bits per heavy atom. The van der Waals surface area contributed by atoms with Crippen LogP contribution in [0.4, 0.5) is 0 Å². The molecule has 1 unspecified atom stereocenters.